The van der Waals surface area contributed by atoms with Gasteiger partial charge in [0.1, 0.15) is 6.04 Å². The normalized spacial score (nSPS) is 16.5. The Balaban J connectivity index is 0.00000242. The van der Waals surface area contributed by atoms with E-state index in [4.69, 9.17) is 0 Å². The molecule has 0 saturated carbocycles. The van der Waals surface area contributed by atoms with Crippen LogP contribution in [-0.2, 0) is 4.79 Å². The van der Waals surface area contributed by atoms with E-state index in [1.165, 1.54) is 0 Å². The highest BCUT2D eigenvalue weighted by atomic mass is 35.5. The van der Waals surface area contributed by atoms with Crippen molar-refractivity contribution in [1.29, 1.82) is 0 Å². The topological polar surface area (TPSA) is 64.7 Å². The van der Waals surface area contributed by atoms with Crippen molar-refractivity contribution in [2.24, 2.45) is 0 Å². The lowest BCUT2D eigenvalue weighted by Crippen LogP contribution is -2.44. The van der Waals surface area contributed by atoms with Gasteiger partial charge in [-0.25, -0.2) is 0 Å². The van der Waals surface area contributed by atoms with Crippen LogP contribution in [0.5, 0.6) is 0 Å². The van der Waals surface area contributed by atoms with Crippen molar-refractivity contribution in [2.75, 3.05) is 44.4 Å². The van der Waals surface area contributed by atoms with Crippen LogP contribution in [0.4, 0.5) is 11.4 Å². The van der Waals surface area contributed by atoms with Crippen LogP contribution in [0.2, 0.25) is 0 Å². The number of carbonyl (C=O) groups is 2. The van der Waals surface area contributed by atoms with Gasteiger partial charge in [0.2, 0.25) is 5.91 Å². The Bertz CT molecular complexity index is 564. The van der Waals surface area contributed by atoms with Crippen LogP contribution < -0.4 is 15.5 Å². The molecule has 6 nitrogen and oxygen atoms in total. The maximum atomic E-state index is 12.3. The number of benzene rings is 1. The molecule has 1 atom stereocenters. The number of carbonyl (C=O) groups excluding carboxylic acids is 2. The van der Waals surface area contributed by atoms with E-state index in [0.29, 0.717) is 17.8 Å². The highest BCUT2D eigenvalue weighted by molar-refractivity contribution is 6.05. The summed E-state index contributed by atoms with van der Waals surface area (Å²) in [5, 5.41) is 5.87. The maximum Gasteiger partial charge on any atom is 0.253 e. The number of hydrogen-bond donors (Lipinski definition) is 2. The molecule has 0 spiro atoms. The first-order valence-electron chi connectivity index (χ1n) is 7.03. The number of likely N-dealkylation sites (N-methyl/N-ethyl adjacent to an activating group) is 3. The SMILES string of the molecule is CNCCN(C)C(=O)c1ccc2c(c1)NC(=O)C(C)N2C.Cl. The summed E-state index contributed by atoms with van der Waals surface area (Å²) in [6.07, 6.45) is 0. The van der Waals surface area contributed by atoms with Crippen LogP contribution in [0.25, 0.3) is 0 Å². The molecule has 7 heteroatoms. The molecular formula is C15H23ClN4O2. The highest BCUT2D eigenvalue weighted by Crippen LogP contribution is 2.31. The Labute approximate surface area is 137 Å². The van der Waals surface area contributed by atoms with Crippen molar-refractivity contribution in [2.45, 2.75) is 13.0 Å². The van der Waals surface area contributed by atoms with Crippen LogP contribution in [0, 0.1) is 0 Å². The zero-order valence-electron chi connectivity index (χ0n) is 13.3. The van der Waals surface area contributed by atoms with Crippen LogP contribution in [0.3, 0.4) is 0 Å². The Morgan fingerprint density at radius 1 is 1.45 bits per heavy atom. The van der Waals surface area contributed by atoms with E-state index in [2.05, 4.69) is 10.6 Å². The van der Waals surface area contributed by atoms with Gasteiger partial charge in [-0.15, -0.1) is 12.4 Å². The zero-order valence-corrected chi connectivity index (χ0v) is 14.2. The average molecular weight is 327 g/mol. The van der Waals surface area contributed by atoms with Crippen LogP contribution >= 0.6 is 12.4 Å². The summed E-state index contributed by atoms with van der Waals surface area (Å²) in [5.41, 5.74) is 2.20. The number of halogens is 1. The van der Waals surface area contributed by atoms with Gasteiger partial charge in [0.25, 0.3) is 5.91 Å². The lowest BCUT2D eigenvalue weighted by Gasteiger charge is -2.33. The Morgan fingerprint density at radius 3 is 2.77 bits per heavy atom. The third-order valence-electron chi connectivity index (χ3n) is 3.89. The van der Waals surface area contributed by atoms with Crippen LogP contribution in [-0.4, -0.2) is 57.0 Å². The Kier molecular flexibility index (Phi) is 6.20. The van der Waals surface area contributed by atoms with Gasteiger partial charge in [-0.05, 0) is 32.2 Å². The third-order valence-corrected chi connectivity index (χ3v) is 3.89. The fraction of sp³-hybridized carbons (Fsp3) is 0.467. The van der Waals surface area contributed by atoms with Gasteiger partial charge >= 0.3 is 0 Å². The van der Waals surface area contributed by atoms with Crippen molar-refractivity contribution in [3.8, 4) is 0 Å². The summed E-state index contributed by atoms with van der Waals surface area (Å²) in [6.45, 7) is 3.22. The summed E-state index contributed by atoms with van der Waals surface area (Å²) in [4.78, 5) is 27.8. The molecule has 0 saturated heterocycles. The quantitative estimate of drug-likeness (QED) is 0.872. The second-order valence-corrected chi connectivity index (χ2v) is 5.34. The number of fused-ring (bicyclic) bond motifs is 1. The van der Waals surface area contributed by atoms with Gasteiger partial charge in [0.05, 0.1) is 11.4 Å². The van der Waals surface area contributed by atoms with E-state index in [-0.39, 0.29) is 30.3 Å². The third kappa shape index (κ3) is 3.51. The van der Waals surface area contributed by atoms with Crippen LogP contribution in [0.1, 0.15) is 17.3 Å². The predicted molar refractivity (Wildman–Crippen MR) is 91.1 cm³/mol. The van der Waals surface area contributed by atoms with E-state index in [9.17, 15) is 9.59 Å². The summed E-state index contributed by atoms with van der Waals surface area (Å²) < 4.78 is 0. The van der Waals surface area contributed by atoms with Crippen molar-refractivity contribution < 1.29 is 9.59 Å². The van der Waals surface area contributed by atoms with Gasteiger partial charge in [-0.3, -0.25) is 9.59 Å². The summed E-state index contributed by atoms with van der Waals surface area (Å²) in [7, 11) is 5.50. The lowest BCUT2D eigenvalue weighted by molar-refractivity contribution is -0.117. The number of rotatable bonds is 4. The molecule has 0 aromatic heterocycles. The van der Waals surface area contributed by atoms with Gasteiger partial charge in [-0.1, -0.05) is 0 Å². The molecule has 1 aliphatic rings. The fourth-order valence-electron chi connectivity index (χ4n) is 2.30. The monoisotopic (exact) mass is 326 g/mol. The average Bonchev–Trinajstić information content (AvgIpc) is 2.49. The molecular weight excluding hydrogens is 304 g/mol. The molecule has 1 aromatic carbocycles. The minimum absolute atomic E-state index is 0. The largest absolute Gasteiger partial charge is 0.361 e. The molecule has 0 radical (unpaired) electrons. The fourth-order valence-corrected chi connectivity index (χ4v) is 2.30. The van der Waals surface area contributed by atoms with Crippen molar-refractivity contribution in [1.82, 2.24) is 10.2 Å². The molecule has 1 aromatic rings. The van der Waals surface area contributed by atoms with Gasteiger partial charge < -0.3 is 20.4 Å². The number of hydrogen-bond acceptors (Lipinski definition) is 4. The minimum Gasteiger partial charge on any atom is -0.361 e. The zero-order chi connectivity index (χ0) is 15.6. The Hall–Kier alpha value is -1.79. The second kappa shape index (κ2) is 7.47. The van der Waals surface area contributed by atoms with Gasteiger partial charge in [0.15, 0.2) is 0 Å². The van der Waals surface area contributed by atoms with E-state index < -0.39 is 0 Å². The van der Waals surface area contributed by atoms with Crippen molar-refractivity contribution in [3.05, 3.63) is 23.8 Å². The van der Waals surface area contributed by atoms with E-state index >= 15 is 0 Å². The number of anilines is 2. The first kappa shape index (κ1) is 18.3. The van der Waals surface area contributed by atoms with Crippen molar-refractivity contribution >= 4 is 35.6 Å². The standard InChI is InChI=1S/C15H22N4O2.ClH/c1-10-14(20)17-12-9-11(5-6-13(12)19(10)4)15(21)18(3)8-7-16-2;/h5-6,9-10,16H,7-8H2,1-4H3,(H,17,20);1H. The summed E-state index contributed by atoms with van der Waals surface area (Å²) in [6, 6.07) is 5.22. The smallest absolute Gasteiger partial charge is 0.253 e. The minimum atomic E-state index is -0.211. The molecule has 1 aliphatic heterocycles. The van der Waals surface area contributed by atoms with E-state index in [1.54, 1.807) is 24.1 Å². The molecule has 0 bridgehead atoms. The maximum absolute atomic E-state index is 12.3. The summed E-state index contributed by atoms with van der Waals surface area (Å²) in [5.74, 6) is -0.110. The van der Waals surface area contributed by atoms with E-state index in [0.717, 1.165) is 12.2 Å². The molecule has 1 unspecified atom stereocenters. The second-order valence-electron chi connectivity index (χ2n) is 5.34. The Morgan fingerprint density at radius 2 is 2.14 bits per heavy atom. The number of amides is 2. The summed E-state index contributed by atoms with van der Waals surface area (Å²) >= 11 is 0. The predicted octanol–water partition coefficient (Wildman–Crippen LogP) is 1.18. The first-order chi connectivity index (χ1) is 9.95. The molecule has 1 heterocycles. The molecule has 2 N–H and O–H groups in total. The molecule has 22 heavy (non-hydrogen) atoms. The van der Waals surface area contributed by atoms with Gasteiger partial charge in [-0.2, -0.15) is 0 Å². The van der Waals surface area contributed by atoms with Crippen molar-refractivity contribution in [3.63, 3.8) is 0 Å². The van der Waals surface area contributed by atoms with Gasteiger partial charge in [0, 0.05) is 32.7 Å². The number of nitrogens with zero attached hydrogens (tertiary/aromatic N) is 2. The van der Waals surface area contributed by atoms with Crippen LogP contribution in [0.15, 0.2) is 18.2 Å². The van der Waals surface area contributed by atoms with E-state index in [1.807, 2.05) is 32.0 Å². The first-order valence-corrected chi connectivity index (χ1v) is 7.03. The molecule has 122 valence electrons. The molecule has 0 fully saturated rings. The molecule has 2 amide bonds. The lowest BCUT2D eigenvalue weighted by atomic mass is 10.1. The molecule has 0 aliphatic carbocycles. The highest BCUT2D eigenvalue weighted by Gasteiger charge is 2.27. The molecule has 2 rings (SSSR count). The number of nitrogens with one attached hydrogen (secondary N) is 2.